The predicted octanol–water partition coefficient (Wildman–Crippen LogP) is 33.4. The zero-order valence-electron chi connectivity index (χ0n) is 93.0. The largest absolute Gasteiger partial charge is 0.513 e. The molecule has 0 spiro atoms. The van der Waals surface area contributed by atoms with Gasteiger partial charge in [-0.05, 0) is 285 Å². The number of nitriles is 1. The number of carbonyl (C=O) groups excluding carboxylic acids is 10. The van der Waals surface area contributed by atoms with E-state index in [2.05, 4.69) is 46.2 Å². The second kappa shape index (κ2) is 85.0. The first-order valence-corrected chi connectivity index (χ1v) is 55.7. The maximum atomic E-state index is 12.5. The minimum atomic E-state index is 0.0912. The highest BCUT2D eigenvalue weighted by Gasteiger charge is 2.23. The maximum Gasteiger partial charge on any atom is 0.227 e. The van der Waals surface area contributed by atoms with Crippen LogP contribution in [0.2, 0.25) is 15.1 Å². The third-order valence-corrected chi connectivity index (χ3v) is 25.9. The molecule has 150 heavy (non-hydrogen) atoms. The molecule has 0 radical (unpaired) electrons. The number of ketones is 3. The Morgan fingerprint density at radius 1 is 0.273 bits per heavy atom. The van der Waals surface area contributed by atoms with E-state index in [0.717, 1.165) is 264 Å². The van der Waals surface area contributed by atoms with Gasteiger partial charge in [0.25, 0.3) is 0 Å². The Morgan fingerprint density at radius 3 is 0.733 bits per heavy atom. The summed E-state index contributed by atoms with van der Waals surface area (Å²) in [4.78, 5) is 130. The summed E-state index contributed by atoms with van der Waals surface area (Å²) in [5.41, 5.74) is 8.09. The van der Waals surface area contributed by atoms with Gasteiger partial charge >= 0.3 is 0 Å². The average Bonchev–Trinajstić information content (AvgIpc) is 0.854. The molecule has 25 heteroatoms. The van der Waals surface area contributed by atoms with Crippen LogP contribution < -0.4 is 34.3 Å². The zero-order valence-corrected chi connectivity index (χ0v) is 95.3. The van der Waals surface area contributed by atoms with Crippen molar-refractivity contribution >= 4 is 133 Å². The highest BCUT2D eigenvalue weighted by molar-refractivity contribution is 6.31. The number of hydrogen-bond acceptors (Lipinski definition) is 15. The third kappa shape index (κ3) is 67.5. The Labute approximate surface area is 916 Å². The van der Waals surface area contributed by atoms with Crippen LogP contribution in [0.25, 0.3) is 0 Å². The molecule has 7 aromatic carbocycles. The number of nitrogens with zero attached hydrogens (tertiary/aromatic N) is 8. The Hall–Kier alpha value is -11.6. The molecule has 0 heterocycles. The molecule has 0 atom stereocenters. The van der Waals surface area contributed by atoms with Crippen molar-refractivity contribution in [3.8, 4) is 6.07 Å². The Morgan fingerprint density at radius 2 is 0.487 bits per heavy atom. The number of hydrogen-bond donors (Lipinski definition) is 4. The van der Waals surface area contributed by atoms with Crippen LogP contribution in [0.4, 0.5) is 39.8 Å². The topological polar surface area (TPSA) is 298 Å². The number of para-hydroxylation sites is 3. The number of anilines is 7. The van der Waals surface area contributed by atoms with Crippen LogP contribution >= 0.6 is 34.8 Å². The van der Waals surface area contributed by atoms with E-state index in [1.165, 1.54) is 0 Å². The lowest BCUT2D eigenvalue weighted by atomic mass is 10.1. The van der Waals surface area contributed by atoms with E-state index in [9.17, 15) is 47.9 Å². The highest BCUT2D eigenvalue weighted by atomic mass is 35.5. The van der Waals surface area contributed by atoms with Crippen LogP contribution in [-0.2, 0) is 47.9 Å². The fourth-order valence-corrected chi connectivity index (χ4v) is 16.7. The summed E-state index contributed by atoms with van der Waals surface area (Å²) in [6, 6.07) is 59.0. The van der Waals surface area contributed by atoms with Crippen molar-refractivity contribution in [2.24, 2.45) is 0 Å². The normalized spacial score (nSPS) is 10.4. The standard InChI is InChI=1S/C20H31NO2.2C19H29NO2.C18H24N2O2.C17H24ClNO2.2C16H22ClNO2/c1-17(2)21(19-14-10-8-11-15-19)20(23)16-12-7-5-4-6-9-13-18(3)22;1-16(2)20(18-13-9-7-10-14-18)19(22)15-11-6-4-5-8-12-17(3)21;1-16-12-10-11-14-18(16)20(3)19(22)15-9-7-5-4-6-8-13-17(2)21;1-15(21)8-6-4-3-5-7-9-18(22)20(2)17-12-10-16(14-19)11-13-17;1-14(20)8-6-4-3-5-7-9-17(21)19(2)16-12-10-15(18)11-13-16;1-13(19)7-5-3-4-6-8-16(20)18(2)15-11-9-14(17)10-12-15;1-3-18(15-11-9-14(17)10-12-15)16(20)8-6-4-5-7-13(2)19/h8,10-11,14-15,17H,4-7,9,12-13,16H2,1-3H3;7,9-10,13-14,16,21H,3-6,8,11-12,15H2,1-2H3;10-12,14H,4-9,13,15H2,1-3H3;10-13,21H,1,3-9H2,2H3;10-13,20H,1,3-9H2,2H3;9-12H,3-8H2,1-2H3;9-12,19H,2-8H2,1H3. The SMILES string of the molecule is C=C(O)CCCCCC(=O)N(CC)c1ccc(Cl)cc1.C=C(O)CCCCCCCC(=O)N(C)c1ccc(C#N)cc1.C=C(O)CCCCCCCC(=O)N(C)c1ccc(Cl)cc1.C=C(O)CCCCCCCC(=O)N(c1ccccc1)C(C)C.CC(=O)CCCCCCC(=O)N(C)c1ccc(Cl)cc1.CC(=O)CCCCCCCCC(=O)N(C)c1ccccc1C.CC(=O)CCCCCCCCC(=O)N(c1ccccc1)C(C)C. The number of unbranched alkanes of at least 4 members (excludes halogenated alkanes) is 27. The molecule has 7 amide bonds. The smallest absolute Gasteiger partial charge is 0.227 e. The van der Waals surface area contributed by atoms with Crippen molar-refractivity contribution in [3.63, 3.8) is 0 Å². The lowest BCUT2D eigenvalue weighted by molar-refractivity contribution is -0.119. The number of aliphatic hydroxyl groups is 4. The van der Waals surface area contributed by atoms with E-state index in [1.807, 2.05) is 166 Å². The van der Waals surface area contributed by atoms with E-state index < -0.39 is 0 Å². The molecule has 0 unspecified atom stereocenters. The van der Waals surface area contributed by atoms with Crippen LogP contribution in [0.5, 0.6) is 0 Å². The molecule has 826 valence electrons. The first-order valence-electron chi connectivity index (χ1n) is 54.5. The van der Waals surface area contributed by atoms with Gasteiger partial charge in [-0.1, -0.05) is 244 Å². The lowest BCUT2D eigenvalue weighted by Gasteiger charge is -2.27. The average molecular weight is 2130 g/mol. The quantitative estimate of drug-likeness (QED) is 0.0203. The summed E-state index contributed by atoms with van der Waals surface area (Å²) in [6.45, 7) is 31.6. The maximum absolute atomic E-state index is 12.5. The molecule has 0 aliphatic rings. The highest BCUT2D eigenvalue weighted by Crippen LogP contribution is 2.28. The van der Waals surface area contributed by atoms with Crippen LogP contribution in [-0.4, -0.2) is 126 Å². The van der Waals surface area contributed by atoms with Crippen molar-refractivity contribution in [2.45, 2.75) is 383 Å². The molecule has 0 saturated heterocycles. The van der Waals surface area contributed by atoms with E-state index in [0.29, 0.717) is 117 Å². The van der Waals surface area contributed by atoms with E-state index in [1.54, 1.807) is 127 Å². The summed E-state index contributed by atoms with van der Waals surface area (Å²) in [5, 5.41) is 46.7. The summed E-state index contributed by atoms with van der Waals surface area (Å²) in [7, 11) is 7.18. The second-order valence-corrected chi connectivity index (χ2v) is 40.4. The number of carbonyl (C=O) groups is 10. The van der Waals surface area contributed by atoms with Crippen LogP contribution in [0.1, 0.15) is 375 Å². The first kappa shape index (κ1) is 136. The molecule has 0 fully saturated rings. The number of allylic oxidation sites excluding steroid dienone is 4. The van der Waals surface area contributed by atoms with E-state index in [4.69, 9.17) is 60.5 Å². The number of aliphatic hydroxyl groups excluding tert-OH is 4. The molecular formula is C125H181Cl3N8O14. The molecule has 7 rings (SSSR count). The van der Waals surface area contributed by atoms with Gasteiger partial charge in [0, 0.05) is 192 Å². The molecule has 22 nitrogen and oxygen atoms in total. The van der Waals surface area contributed by atoms with Crippen molar-refractivity contribution in [2.75, 3.05) is 69.0 Å². The zero-order chi connectivity index (χ0) is 112. The van der Waals surface area contributed by atoms with Gasteiger partial charge in [0.05, 0.1) is 34.7 Å². The van der Waals surface area contributed by atoms with Crippen LogP contribution in [0.3, 0.4) is 0 Å². The summed E-state index contributed by atoms with van der Waals surface area (Å²) < 4.78 is 0. The summed E-state index contributed by atoms with van der Waals surface area (Å²) in [6.07, 6.45) is 43.2. The lowest BCUT2D eigenvalue weighted by Crippen LogP contribution is -2.36. The first-order chi connectivity index (χ1) is 71.6. The van der Waals surface area contributed by atoms with Gasteiger partial charge in [0.1, 0.15) is 17.3 Å². The number of Topliss-reactive ketones (excluding diaryl/α,β-unsaturated/α-hetero) is 3. The van der Waals surface area contributed by atoms with Gasteiger partial charge < -0.3 is 69.1 Å². The van der Waals surface area contributed by atoms with Crippen molar-refractivity contribution in [1.29, 1.82) is 5.26 Å². The van der Waals surface area contributed by atoms with Crippen molar-refractivity contribution in [1.82, 2.24) is 0 Å². The fourth-order valence-electron chi connectivity index (χ4n) is 16.3. The van der Waals surface area contributed by atoms with Gasteiger partial charge in [0.15, 0.2) is 0 Å². The molecule has 0 saturated carbocycles. The molecule has 0 aliphatic carbocycles. The second-order valence-electron chi connectivity index (χ2n) is 39.1. The monoisotopic (exact) mass is 2120 g/mol. The van der Waals surface area contributed by atoms with Gasteiger partial charge in [-0.2, -0.15) is 5.26 Å². The number of benzene rings is 7. The minimum absolute atomic E-state index is 0.0912. The molecule has 4 N–H and O–H groups in total. The molecular weight excluding hydrogens is 1940 g/mol. The van der Waals surface area contributed by atoms with Crippen LogP contribution in [0.15, 0.2) is 231 Å². The van der Waals surface area contributed by atoms with E-state index in [-0.39, 0.29) is 93.8 Å². The van der Waals surface area contributed by atoms with Gasteiger partial charge in [-0.3, -0.25) is 33.6 Å². The van der Waals surface area contributed by atoms with Gasteiger partial charge in [-0.15, -0.1) is 0 Å². The number of halogens is 3. The van der Waals surface area contributed by atoms with Crippen molar-refractivity contribution in [3.05, 3.63) is 258 Å². The van der Waals surface area contributed by atoms with Gasteiger partial charge in [-0.25, -0.2) is 0 Å². The molecule has 0 aliphatic heterocycles. The molecule has 0 aromatic heterocycles. The Bertz CT molecular complexity index is 5030. The van der Waals surface area contributed by atoms with Crippen LogP contribution in [0, 0.1) is 18.3 Å². The molecule has 0 bridgehead atoms. The summed E-state index contributed by atoms with van der Waals surface area (Å²) >= 11 is 17.5. The molecule has 7 aromatic rings. The predicted molar refractivity (Wildman–Crippen MR) is 627 cm³/mol. The number of rotatable bonds is 65. The van der Waals surface area contributed by atoms with Crippen molar-refractivity contribution < 1.29 is 68.4 Å². The fraction of sp³-hybridized carbons (Fsp3) is 0.512. The third-order valence-electron chi connectivity index (χ3n) is 25.1. The van der Waals surface area contributed by atoms with E-state index >= 15 is 0 Å². The Kier molecular flexibility index (Phi) is 77.3. The van der Waals surface area contributed by atoms with Gasteiger partial charge in [0.2, 0.25) is 41.4 Å². The summed E-state index contributed by atoms with van der Waals surface area (Å²) in [5.74, 6) is 2.84. The Balaban J connectivity index is 0.000000875. The number of amides is 7. The minimum Gasteiger partial charge on any atom is -0.513 e. The number of aryl methyl sites for hydroxylation is 1.